The molecule has 0 spiro atoms. The standard InChI is InChI=1S/C17H22N2O4/c1-17(2,3)23-16(21)19-13(11-12-7-5-4-6-8-12)14(20)15-18-9-10-22-15/h4-10,13-14,20H,11H2,1-3H3,(H,19,21). The monoisotopic (exact) mass is 318 g/mol. The lowest BCUT2D eigenvalue weighted by Gasteiger charge is -2.25. The number of rotatable bonds is 5. The number of nitrogens with one attached hydrogen (secondary N) is 1. The summed E-state index contributed by atoms with van der Waals surface area (Å²) in [6.45, 7) is 5.34. The van der Waals surface area contributed by atoms with E-state index >= 15 is 0 Å². The number of carbonyl (C=O) groups excluding carboxylic acids is 1. The Hall–Kier alpha value is -2.34. The van der Waals surface area contributed by atoms with Gasteiger partial charge in [-0.1, -0.05) is 30.3 Å². The van der Waals surface area contributed by atoms with Crippen LogP contribution >= 0.6 is 0 Å². The van der Waals surface area contributed by atoms with Gasteiger partial charge in [0.15, 0.2) is 6.10 Å². The van der Waals surface area contributed by atoms with E-state index < -0.39 is 23.8 Å². The molecule has 0 radical (unpaired) electrons. The first-order valence-corrected chi connectivity index (χ1v) is 7.46. The highest BCUT2D eigenvalue weighted by molar-refractivity contribution is 5.68. The van der Waals surface area contributed by atoms with E-state index in [-0.39, 0.29) is 5.89 Å². The first-order chi connectivity index (χ1) is 10.8. The summed E-state index contributed by atoms with van der Waals surface area (Å²) in [6.07, 6.45) is 1.59. The normalized spacial score (nSPS) is 14.1. The Balaban J connectivity index is 2.12. The van der Waals surface area contributed by atoms with Gasteiger partial charge in [-0.2, -0.15) is 0 Å². The highest BCUT2D eigenvalue weighted by atomic mass is 16.6. The molecule has 0 saturated heterocycles. The SMILES string of the molecule is CC(C)(C)OC(=O)NC(Cc1ccccc1)C(O)c1ncco1. The third-order valence-corrected chi connectivity index (χ3v) is 3.09. The van der Waals surface area contributed by atoms with Gasteiger partial charge < -0.3 is 19.6 Å². The van der Waals surface area contributed by atoms with Crippen molar-refractivity contribution in [2.75, 3.05) is 0 Å². The number of oxazole rings is 1. The summed E-state index contributed by atoms with van der Waals surface area (Å²) in [5.41, 5.74) is 0.356. The van der Waals surface area contributed by atoms with Crippen molar-refractivity contribution < 1.29 is 19.1 Å². The number of hydrogen-bond donors (Lipinski definition) is 2. The number of aliphatic hydroxyl groups excluding tert-OH is 1. The molecule has 2 unspecified atom stereocenters. The predicted molar refractivity (Wildman–Crippen MR) is 84.8 cm³/mol. The van der Waals surface area contributed by atoms with Gasteiger partial charge in [0.2, 0.25) is 5.89 Å². The minimum absolute atomic E-state index is 0.155. The second-order valence-electron chi connectivity index (χ2n) is 6.26. The molecule has 6 nitrogen and oxygen atoms in total. The van der Waals surface area contributed by atoms with Crippen LogP contribution in [-0.4, -0.2) is 27.8 Å². The quantitative estimate of drug-likeness (QED) is 0.885. The van der Waals surface area contributed by atoms with E-state index in [1.807, 2.05) is 30.3 Å². The zero-order chi connectivity index (χ0) is 16.9. The highest BCUT2D eigenvalue weighted by Gasteiger charge is 2.28. The van der Waals surface area contributed by atoms with Crippen molar-refractivity contribution in [3.63, 3.8) is 0 Å². The number of nitrogens with zero attached hydrogens (tertiary/aromatic N) is 1. The maximum atomic E-state index is 12.0. The van der Waals surface area contributed by atoms with Crippen LogP contribution in [0.2, 0.25) is 0 Å². The number of carbonyl (C=O) groups is 1. The van der Waals surface area contributed by atoms with Gasteiger partial charge in [-0.25, -0.2) is 9.78 Å². The fraction of sp³-hybridized carbons (Fsp3) is 0.412. The molecule has 1 amide bonds. The molecule has 0 aliphatic rings. The Bertz CT molecular complexity index is 605. The van der Waals surface area contributed by atoms with Crippen LogP contribution < -0.4 is 5.32 Å². The van der Waals surface area contributed by atoms with Crippen molar-refractivity contribution in [1.29, 1.82) is 0 Å². The summed E-state index contributed by atoms with van der Waals surface area (Å²) in [5.74, 6) is 0.155. The Labute approximate surface area is 135 Å². The van der Waals surface area contributed by atoms with Crippen molar-refractivity contribution in [2.24, 2.45) is 0 Å². The Morgan fingerprint density at radius 1 is 1.35 bits per heavy atom. The number of ether oxygens (including phenoxy) is 1. The van der Waals surface area contributed by atoms with Crippen molar-refractivity contribution >= 4 is 6.09 Å². The molecular weight excluding hydrogens is 296 g/mol. The van der Waals surface area contributed by atoms with Crippen molar-refractivity contribution in [3.8, 4) is 0 Å². The maximum absolute atomic E-state index is 12.0. The maximum Gasteiger partial charge on any atom is 0.407 e. The van der Waals surface area contributed by atoms with Crippen LogP contribution in [0.1, 0.15) is 38.3 Å². The minimum atomic E-state index is -1.07. The Morgan fingerprint density at radius 3 is 2.61 bits per heavy atom. The van der Waals surface area contributed by atoms with Gasteiger partial charge >= 0.3 is 6.09 Å². The first-order valence-electron chi connectivity index (χ1n) is 7.46. The van der Waals surface area contributed by atoms with E-state index in [9.17, 15) is 9.90 Å². The van der Waals surface area contributed by atoms with Crippen LogP contribution in [0.4, 0.5) is 4.79 Å². The van der Waals surface area contributed by atoms with Crippen LogP contribution in [0.5, 0.6) is 0 Å². The van der Waals surface area contributed by atoms with Crippen molar-refractivity contribution in [3.05, 3.63) is 54.2 Å². The average Bonchev–Trinajstić information content (AvgIpc) is 2.99. The molecule has 0 saturated carbocycles. The lowest BCUT2D eigenvalue weighted by atomic mass is 10.0. The molecule has 124 valence electrons. The van der Waals surface area contributed by atoms with Gasteiger partial charge in [-0.3, -0.25) is 0 Å². The molecule has 0 aliphatic heterocycles. The third-order valence-electron chi connectivity index (χ3n) is 3.09. The van der Waals surface area contributed by atoms with Gasteiger partial charge in [0.1, 0.15) is 11.9 Å². The van der Waals surface area contributed by atoms with Gasteiger partial charge in [-0.05, 0) is 32.8 Å². The molecule has 1 heterocycles. The number of aromatic nitrogens is 1. The molecule has 2 aromatic rings. The zero-order valence-corrected chi connectivity index (χ0v) is 13.5. The number of amides is 1. The summed E-state index contributed by atoms with van der Waals surface area (Å²) >= 11 is 0. The van der Waals surface area contributed by atoms with Gasteiger partial charge in [0.05, 0.1) is 12.2 Å². The second kappa shape index (κ2) is 7.28. The molecule has 0 aliphatic carbocycles. The molecule has 2 rings (SSSR count). The van der Waals surface area contributed by atoms with Crippen molar-refractivity contribution in [2.45, 2.75) is 44.9 Å². The van der Waals surface area contributed by atoms with E-state index in [1.165, 1.54) is 12.5 Å². The van der Waals surface area contributed by atoms with E-state index in [4.69, 9.17) is 9.15 Å². The summed E-state index contributed by atoms with van der Waals surface area (Å²) in [5, 5.41) is 13.2. The second-order valence-corrected chi connectivity index (χ2v) is 6.26. The van der Waals surface area contributed by atoms with E-state index in [0.717, 1.165) is 5.56 Å². The summed E-state index contributed by atoms with van der Waals surface area (Å²) in [7, 11) is 0. The first kappa shape index (κ1) is 17.0. The van der Waals surface area contributed by atoms with Crippen LogP contribution in [0, 0.1) is 0 Å². The van der Waals surface area contributed by atoms with Crippen LogP contribution in [0.3, 0.4) is 0 Å². The molecule has 1 aromatic carbocycles. The minimum Gasteiger partial charge on any atom is -0.446 e. The molecular formula is C17H22N2O4. The van der Waals surface area contributed by atoms with E-state index in [0.29, 0.717) is 6.42 Å². The zero-order valence-electron chi connectivity index (χ0n) is 13.5. The molecule has 2 atom stereocenters. The van der Waals surface area contributed by atoms with Gasteiger partial charge in [0, 0.05) is 0 Å². The molecule has 0 fully saturated rings. The fourth-order valence-electron chi connectivity index (χ4n) is 2.12. The molecule has 2 N–H and O–H groups in total. The lowest BCUT2D eigenvalue weighted by molar-refractivity contribution is 0.0389. The van der Waals surface area contributed by atoms with Crippen LogP contribution in [-0.2, 0) is 11.2 Å². The number of alkyl carbamates (subject to hydrolysis) is 1. The number of hydrogen-bond acceptors (Lipinski definition) is 5. The molecule has 1 aromatic heterocycles. The average molecular weight is 318 g/mol. The number of aliphatic hydroxyl groups is 1. The molecule has 23 heavy (non-hydrogen) atoms. The van der Waals surface area contributed by atoms with Gasteiger partial charge in [0.25, 0.3) is 0 Å². The third kappa shape index (κ3) is 5.41. The highest BCUT2D eigenvalue weighted by Crippen LogP contribution is 2.19. The number of benzene rings is 1. The van der Waals surface area contributed by atoms with E-state index in [2.05, 4.69) is 10.3 Å². The van der Waals surface area contributed by atoms with Crippen LogP contribution in [0.25, 0.3) is 0 Å². The summed E-state index contributed by atoms with van der Waals surface area (Å²) < 4.78 is 10.4. The van der Waals surface area contributed by atoms with E-state index in [1.54, 1.807) is 20.8 Å². The molecule has 0 bridgehead atoms. The molecule has 6 heteroatoms. The smallest absolute Gasteiger partial charge is 0.407 e. The van der Waals surface area contributed by atoms with Gasteiger partial charge in [-0.15, -0.1) is 0 Å². The van der Waals surface area contributed by atoms with Crippen molar-refractivity contribution in [1.82, 2.24) is 10.3 Å². The predicted octanol–water partition coefficient (Wildman–Crippen LogP) is 2.84. The van der Waals surface area contributed by atoms with Crippen LogP contribution in [0.15, 0.2) is 47.2 Å². The Kier molecular flexibility index (Phi) is 5.39. The summed E-state index contributed by atoms with van der Waals surface area (Å²) in [4.78, 5) is 16.0. The Morgan fingerprint density at radius 2 is 2.04 bits per heavy atom. The fourth-order valence-corrected chi connectivity index (χ4v) is 2.12. The topological polar surface area (TPSA) is 84.6 Å². The summed E-state index contributed by atoms with van der Waals surface area (Å²) in [6, 6.07) is 8.93. The largest absolute Gasteiger partial charge is 0.446 e. The lowest BCUT2D eigenvalue weighted by Crippen LogP contribution is -2.43.